The third-order valence-corrected chi connectivity index (χ3v) is 5.03. The van der Waals surface area contributed by atoms with Gasteiger partial charge < -0.3 is 15.4 Å². The number of nitrogens with one attached hydrogen (secondary N) is 1. The van der Waals surface area contributed by atoms with Gasteiger partial charge in [-0.15, -0.1) is 15.3 Å². The zero-order valence-corrected chi connectivity index (χ0v) is 16.8. The summed E-state index contributed by atoms with van der Waals surface area (Å²) in [6, 6.07) is 6.55. The van der Waals surface area contributed by atoms with E-state index in [2.05, 4.69) is 46.0 Å². The first-order valence-corrected chi connectivity index (χ1v) is 9.64. The topological polar surface area (TPSA) is 188 Å². The van der Waals surface area contributed by atoms with E-state index in [0.29, 0.717) is 16.4 Å². The Morgan fingerprint density at radius 1 is 1.35 bits per heavy atom. The summed E-state index contributed by atoms with van der Waals surface area (Å²) in [5.41, 5.74) is 8.92. The summed E-state index contributed by atoms with van der Waals surface area (Å²) < 4.78 is 7.61. The van der Waals surface area contributed by atoms with E-state index in [1.807, 2.05) is 0 Å². The highest BCUT2D eigenvalue weighted by Crippen LogP contribution is 2.24. The molecular weight excluding hydrogens is 426 g/mol. The monoisotopic (exact) mass is 441 g/mol. The molecule has 14 nitrogen and oxygen atoms in total. The summed E-state index contributed by atoms with van der Waals surface area (Å²) in [6.45, 7) is 0. The lowest BCUT2D eigenvalue weighted by molar-refractivity contribution is 0.0949. The molecule has 3 heterocycles. The maximum atomic E-state index is 12.7. The number of carbonyl (C=O) groups excluding carboxylic acids is 1. The van der Waals surface area contributed by atoms with E-state index in [1.165, 1.54) is 28.7 Å². The van der Waals surface area contributed by atoms with Gasteiger partial charge in [0.2, 0.25) is 11.6 Å². The molecule has 1 aromatic carbocycles. The highest BCUT2D eigenvalue weighted by atomic mass is 32.2. The third-order valence-electron chi connectivity index (χ3n) is 3.99. The van der Waals surface area contributed by atoms with Crippen molar-refractivity contribution in [2.75, 3.05) is 5.73 Å². The fraction of sp³-hybridized carbons (Fsp3) is 0.125. The number of rotatable bonds is 7. The molecule has 3 aromatic heterocycles. The van der Waals surface area contributed by atoms with Gasteiger partial charge in [0.25, 0.3) is 5.91 Å². The SMILES string of the molecule is Cn1cnnc1SCc1c(C(=O)N/N=C/c2ccccc2O)nnn1-c1nonc1N. The molecule has 0 aliphatic carbocycles. The summed E-state index contributed by atoms with van der Waals surface area (Å²) in [4.78, 5) is 12.7. The molecule has 4 aromatic rings. The zero-order chi connectivity index (χ0) is 21.8. The maximum absolute atomic E-state index is 12.7. The predicted octanol–water partition coefficient (Wildman–Crippen LogP) is 0.123. The summed E-state index contributed by atoms with van der Waals surface area (Å²) in [5.74, 6) is -0.280. The molecule has 0 unspecified atom stereocenters. The minimum absolute atomic E-state index is 0.00787. The number of hydrogen-bond acceptors (Lipinski definition) is 12. The number of benzene rings is 1. The quantitative estimate of drug-likeness (QED) is 0.201. The Morgan fingerprint density at radius 2 is 2.19 bits per heavy atom. The number of para-hydroxylation sites is 1. The highest BCUT2D eigenvalue weighted by molar-refractivity contribution is 7.98. The number of nitrogens with zero attached hydrogens (tertiary/aromatic N) is 9. The molecule has 1 amide bonds. The van der Waals surface area contributed by atoms with Crippen molar-refractivity contribution in [2.24, 2.45) is 12.1 Å². The van der Waals surface area contributed by atoms with Gasteiger partial charge in [-0.25, -0.2) is 10.1 Å². The Balaban J connectivity index is 1.59. The second-order valence-electron chi connectivity index (χ2n) is 6.04. The Hall–Kier alpha value is -4.27. The van der Waals surface area contributed by atoms with Crippen LogP contribution in [0.2, 0.25) is 0 Å². The van der Waals surface area contributed by atoms with Crippen LogP contribution in [-0.4, -0.2) is 57.3 Å². The number of phenols is 1. The van der Waals surface area contributed by atoms with Crippen molar-refractivity contribution >= 4 is 29.7 Å². The summed E-state index contributed by atoms with van der Waals surface area (Å²) in [5, 5.41) is 37.2. The molecule has 0 aliphatic heterocycles. The number of aryl methyl sites for hydroxylation is 1. The normalized spacial score (nSPS) is 11.3. The second-order valence-corrected chi connectivity index (χ2v) is 6.98. The Labute approximate surface area is 178 Å². The molecule has 0 bridgehead atoms. The summed E-state index contributed by atoms with van der Waals surface area (Å²) in [7, 11) is 1.79. The Morgan fingerprint density at radius 3 is 2.90 bits per heavy atom. The summed E-state index contributed by atoms with van der Waals surface area (Å²) in [6.07, 6.45) is 2.87. The molecular formula is C16H15N11O3S. The standard InChI is InChI=1S/C16H15N11O3S/c1-26-8-19-22-16(26)31-7-10-12(20-25-27(10)14-13(17)23-30-24-14)15(29)21-18-6-9-4-2-3-5-11(9)28/h2-6,8,28H,7H2,1H3,(H2,17,23)(H,21,29)/b18-6+. The lowest BCUT2D eigenvalue weighted by Gasteiger charge is -2.05. The van der Waals surface area contributed by atoms with Crippen LogP contribution in [0, 0.1) is 0 Å². The van der Waals surface area contributed by atoms with Crippen LogP contribution in [0.25, 0.3) is 5.82 Å². The fourth-order valence-electron chi connectivity index (χ4n) is 2.46. The van der Waals surface area contributed by atoms with Gasteiger partial charge in [-0.05, 0) is 22.4 Å². The van der Waals surface area contributed by atoms with Gasteiger partial charge in [0.05, 0.1) is 11.9 Å². The number of thioether (sulfide) groups is 1. The molecule has 31 heavy (non-hydrogen) atoms. The van der Waals surface area contributed by atoms with Crippen LogP contribution in [-0.2, 0) is 12.8 Å². The van der Waals surface area contributed by atoms with Crippen molar-refractivity contribution in [2.45, 2.75) is 10.9 Å². The van der Waals surface area contributed by atoms with E-state index in [-0.39, 0.29) is 28.8 Å². The minimum Gasteiger partial charge on any atom is -0.507 e. The van der Waals surface area contributed by atoms with Crippen molar-refractivity contribution in [1.82, 2.24) is 45.5 Å². The van der Waals surface area contributed by atoms with Crippen molar-refractivity contribution in [3.8, 4) is 11.6 Å². The average molecular weight is 441 g/mol. The lowest BCUT2D eigenvalue weighted by Crippen LogP contribution is -2.20. The first kappa shape index (κ1) is 20.0. The van der Waals surface area contributed by atoms with Crippen molar-refractivity contribution in [3.05, 3.63) is 47.5 Å². The maximum Gasteiger partial charge on any atom is 0.293 e. The molecule has 0 fully saturated rings. The van der Waals surface area contributed by atoms with Gasteiger partial charge >= 0.3 is 0 Å². The first-order chi connectivity index (χ1) is 15.0. The van der Waals surface area contributed by atoms with Gasteiger partial charge in [-0.2, -0.15) is 9.78 Å². The number of phenolic OH excluding ortho intramolecular Hbond substituents is 1. The first-order valence-electron chi connectivity index (χ1n) is 8.65. The average Bonchev–Trinajstić information content (AvgIpc) is 3.47. The minimum atomic E-state index is -0.624. The van der Waals surface area contributed by atoms with Gasteiger partial charge in [0, 0.05) is 18.4 Å². The van der Waals surface area contributed by atoms with E-state index in [4.69, 9.17) is 5.73 Å². The molecule has 158 valence electrons. The van der Waals surface area contributed by atoms with Crippen molar-refractivity contribution in [1.29, 1.82) is 0 Å². The molecule has 0 aliphatic rings. The molecule has 4 N–H and O–H groups in total. The lowest BCUT2D eigenvalue weighted by atomic mass is 10.2. The number of anilines is 1. The van der Waals surface area contributed by atoms with E-state index in [0.717, 1.165) is 0 Å². The van der Waals surface area contributed by atoms with Crippen LogP contribution in [0.4, 0.5) is 5.82 Å². The van der Waals surface area contributed by atoms with Crippen LogP contribution < -0.4 is 11.2 Å². The zero-order valence-electron chi connectivity index (χ0n) is 15.9. The van der Waals surface area contributed by atoms with Crippen LogP contribution >= 0.6 is 11.8 Å². The van der Waals surface area contributed by atoms with Crippen molar-refractivity contribution < 1.29 is 14.5 Å². The van der Waals surface area contributed by atoms with Gasteiger partial charge in [0.15, 0.2) is 10.9 Å². The fourth-order valence-corrected chi connectivity index (χ4v) is 3.34. The van der Waals surface area contributed by atoms with Crippen molar-refractivity contribution in [3.63, 3.8) is 0 Å². The summed E-state index contributed by atoms with van der Waals surface area (Å²) >= 11 is 1.30. The second kappa shape index (κ2) is 8.62. The Kier molecular flexibility index (Phi) is 5.57. The van der Waals surface area contributed by atoms with Crippen LogP contribution in [0.15, 0.2) is 45.5 Å². The number of hydrazone groups is 1. The number of aromatic hydroxyl groups is 1. The number of nitrogen functional groups attached to an aromatic ring is 1. The molecule has 4 rings (SSSR count). The number of aromatic nitrogens is 8. The molecule has 0 saturated carbocycles. The number of hydrogen-bond donors (Lipinski definition) is 3. The number of nitrogens with two attached hydrogens (primary N) is 1. The van der Waals surface area contributed by atoms with Crippen LogP contribution in [0.3, 0.4) is 0 Å². The van der Waals surface area contributed by atoms with Crippen LogP contribution in [0.1, 0.15) is 21.7 Å². The van der Waals surface area contributed by atoms with Gasteiger partial charge in [0.1, 0.15) is 12.1 Å². The molecule has 0 saturated heterocycles. The van der Waals surface area contributed by atoms with E-state index >= 15 is 0 Å². The number of carbonyl (C=O) groups is 1. The molecule has 0 atom stereocenters. The van der Waals surface area contributed by atoms with Gasteiger partial charge in [-0.3, -0.25) is 4.79 Å². The third kappa shape index (κ3) is 4.20. The number of amides is 1. The largest absolute Gasteiger partial charge is 0.507 e. The molecule has 0 radical (unpaired) electrons. The predicted molar refractivity (Wildman–Crippen MR) is 107 cm³/mol. The Bertz CT molecular complexity index is 1250. The smallest absolute Gasteiger partial charge is 0.293 e. The highest BCUT2D eigenvalue weighted by Gasteiger charge is 2.24. The van der Waals surface area contributed by atoms with Gasteiger partial charge in [-0.1, -0.05) is 29.1 Å². The van der Waals surface area contributed by atoms with E-state index < -0.39 is 5.91 Å². The van der Waals surface area contributed by atoms with E-state index in [1.54, 1.807) is 36.1 Å². The van der Waals surface area contributed by atoms with E-state index in [9.17, 15) is 9.90 Å². The van der Waals surface area contributed by atoms with Crippen LogP contribution in [0.5, 0.6) is 5.75 Å². The molecule has 0 spiro atoms. The molecule has 15 heteroatoms.